The van der Waals surface area contributed by atoms with E-state index in [1.807, 2.05) is 24.3 Å². The summed E-state index contributed by atoms with van der Waals surface area (Å²) in [7, 11) is 0. The maximum Gasteiger partial charge on any atom is 0.264 e. The van der Waals surface area contributed by atoms with Crippen LogP contribution in [0.2, 0.25) is 0 Å². The molecule has 0 atom stereocenters. The number of hydrogen-bond acceptors (Lipinski definition) is 2. The molecule has 4 heteroatoms. The van der Waals surface area contributed by atoms with E-state index in [0.29, 0.717) is 5.56 Å². The molecule has 0 aliphatic heterocycles. The van der Waals surface area contributed by atoms with Crippen LogP contribution in [0.25, 0.3) is 0 Å². The van der Waals surface area contributed by atoms with Crippen LogP contribution in [0.15, 0.2) is 53.7 Å². The van der Waals surface area contributed by atoms with Crippen molar-refractivity contribution in [3.8, 4) is 0 Å². The summed E-state index contributed by atoms with van der Waals surface area (Å²) in [4.78, 5) is 5.12. The molecule has 0 heterocycles. The molecule has 21 heavy (non-hydrogen) atoms. The van der Waals surface area contributed by atoms with E-state index < -0.39 is 6.43 Å². The lowest BCUT2D eigenvalue weighted by Crippen LogP contribution is -1.96. The lowest BCUT2D eigenvalue weighted by Gasteiger charge is -2.06. The molecule has 0 saturated carbocycles. The summed E-state index contributed by atoms with van der Waals surface area (Å²) < 4.78 is 25.6. The Labute approximate surface area is 123 Å². The predicted molar refractivity (Wildman–Crippen MR) is 79.6 cm³/mol. The van der Waals surface area contributed by atoms with E-state index in [-0.39, 0.29) is 12.2 Å². The second-order valence-electron chi connectivity index (χ2n) is 4.61. The summed E-state index contributed by atoms with van der Waals surface area (Å²) in [6, 6.07) is 14.2. The molecule has 0 radical (unpaired) electrons. The number of alkyl halides is 2. The number of rotatable bonds is 6. The monoisotopic (exact) mass is 289 g/mol. The molecule has 0 fully saturated rings. The Bertz CT molecular complexity index is 611. The zero-order valence-electron chi connectivity index (χ0n) is 11.8. The first-order chi connectivity index (χ1) is 10.2. The van der Waals surface area contributed by atoms with Crippen LogP contribution < -0.4 is 0 Å². The predicted octanol–water partition coefficient (Wildman–Crippen LogP) is 4.74. The minimum atomic E-state index is -2.50. The highest BCUT2D eigenvalue weighted by atomic mass is 19.3. The minimum Gasteiger partial charge on any atom is -0.391 e. The van der Waals surface area contributed by atoms with Crippen LogP contribution in [-0.2, 0) is 17.9 Å². The standard InChI is InChI=1S/C17H17F2NO/c1-2-13-6-5-7-14(10-13)11-20-21-12-15-8-3-4-9-16(15)17(18)19/h3-11,17H,2,12H2,1H3. The normalized spacial score (nSPS) is 11.2. The molecule has 0 amide bonds. The Morgan fingerprint density at radius 1 is 1.14 bits per heavy atom. The Morgan fingerprint density at radius 3 is 2.71 bits per heavy atom. The van der Waals surface area contributed by atoms with Gasteiger partial charge in [-0.3, -0.25) is 0 Å². The number of oxime groups is 1. The van der Waals surface area contributed by atoms with E-state index in [2.05, 4.69) is 12.1 Å². The van der Waals surface area contributed by atoms with Crippen molar-refractivity contribution < 1.29 is 13.6 Å². The second kappa shape index (κ2) is 7.53. The van der Waals surface area contributed by atoms with E-state index in [0.717, 1.165) is 12.0 Å². The summed E-state index contributed by atoms with van der Waals surface area (Å²) in [5.41, 5.74) is 2.58. The van der Waals surface area contributed by atoms with Gasteiger partial charge >= 0.3 is 0 Å². The van der Waals surface area contributed by atoms with Crippen LogP contribution in [0.5, 0.6) is 0 Å². The third kappa shape index (κ3) is 4.38. The number of nitrogens with zero attached hydrogens (tertiary/aromatic N) is 1. The van der Waals surface area contributed by atoms with Crippen LogP contribution in [0.1, 0.15) is 35.6 Å². The molecule has 2 aromatic carbocycles. The maximum atomic E-state index is 12.8. The second-order valence-corrected chi connectivity index (χ2v) is 4.61. The first kappa shape index (κ1) is 15.2. The van der Waals surface area contributed by atoms with Gasteiger partial charge in [-0.2, -0.15) is 0 Å². The minimum absolute atomic E-state index is 0.0133. The smallest absolute Gasteiger partial charge is 0.264 e. The van der Waals surface area contributed by atoms with E-state index in [9.17, 15) is 8.78 Å². The van der Waals surface area contributed by atoms with E-state index in [1.165, 1.54) is 11.6 Å². The van der Waals surface area contributed by atoms with Crippen molar-refractivity contribution in [3.05, 3.63) is 70.8 Å². The van der Waals surface area contributed by atoms with E-state index in [1.54, 1.807) is 24.4 Å². The van der Waals surface area contributed by atoms with Crippen molar-refractivity contribution in [2.45, 2.75) is 26.4 Å². The summed E-state index contributed by atoms with van der Waals surface area (Å²) in [5, 5.41) is 3.84. The molecule has 0 unspecified atom stereocenters. The number of hydrogen-bond donors (Lipinski definition) is 0. The average Bonchev–Trinajstić information content (AvgIpc) is 2.52. The van der Waals surface area contributed by atoms with Gasteiger partial charge in [0.15, 0.2) is 0 Å². The van der Waals surface area contributed by atoms with Gasteiger partial charge in [-0.1, -0.05) is 60.6 Å². The van der Waals surface area contributed by atoms with Gasteiger partial charge in [0.05, 0.1) is 6.21 Å². The van der Waals surface area contributed by atoms with E-state index in [4.69, 9.17) is 4.84 Å². The van der Waals surface area contributed by atoms with Crippen molar-refractivity contribution in [2.24, 2.45) is 5.16 Å². The molecule has 0 N–H and O–H groups in total. The molecule has 0 aliphatic carbocycles. The molecule has 2 nitrogen and oxygen atoms in total. The van der Waals surface area contributed by atoms with Gasteiger partial charge in [-0.05, 0) is 17.5 Å². The Kier molecular flexibility index (Phi) is 5.43. The van der Waals surface area contributed by atoms with Crippen LogP contribution in [-0.4, -0.2) is 6.21 Å². The van der Waals surface area contributed by atoms with Crippen LogP contribution in [0.4, 0.5) is 8.78 Å². The number of halogens is 2. The Morgan fingerprint density at radius 2 is 1.95 bits per heavy atom. The molecule has 2 rings (SSSR count). The highest BCUT2D eigenvalue weighted by molar-refractivity contribution is 5.79. The van der Waals surface area contributed by atoms with Gasteiger partial charge in [0.1, 0.15) is 6.61 Å². The summed E-state index contributed by atoms with van der Waals surface area (Å²) >= 11 is 0. The first-order valence-corrected chi connectivity index (χ1v) is 6.81. The highest BCUT2D eigenvalue weighted by Crippen LogP contribution is 2.23. The van der Waals surface area contributed by atoms with Crippen LogP contribution in [0, 0.1) is 0 Å². The molecule has 0 aliphatic rings. The van der Waals surface area contributed by atoms with Gasteiger partial charge in [0.2, 0.25) is 0 Å². The summed E-state index contributed by atoms with van der Waals surface area (Å²) in [5.74, 6) is 0. The number of benzene rings is 2. The number of aryl methyl sites for hydroxylation is 1. The molecule has 0 saturated heterocycles. The van der Waals surface area contributed by atoms with Crippen LogP contribution in [0.3, 0.4) is 0 Å². The van der Waals surface area contributed by atoms with Crippen molar-refractivity contribution in [1.82, 2.24) is 0 Å². The molecular weight excluding hydrogens is 272 g/mol. The Balaban J connectivity index is 1.96. The van der Waals surface area contributed by atoms with Gasteiger partial charge in [-0.15, -0.1) is 0 Å². The fraction of sp³-hybridized carbons (Fsp3) is 0.235. The van der Waals surface area contributed by atoms with E-state index >= 15 is 0 Å². The highest BCUT2D eigenvalue weighted by Gasteiger charge is 2.11. The fourth-order valence-corrected chi connectivity index (χ4v) is 1.98. The molecule has 0 aromatic heterocycles. The van der Waals surface area contributed by atoms with Gasteiger partial charge in [0.25, 0.3) is 6.43 Å². The lowest BCUT2D eigenvalue weighted by atomic mass is 10.1. The molecule has 110 valence electrons. The van der Waals surface area contributed by atoms with Crippen molar-refractivity contribution in [2.75, 3.05) is 0 Å². The SMILES string of the molecule is CCc1cccc(C=NOCc2ccccc2C(F)F)c1. The van der Waals surface area contributed by atoms with Crippen molar-refractivity contribution in [3.63, 3.8) is 0 Å². The average molecular weight is 289 g/mol. The molecule has 0 bridgehead atoms. The summed E-state index contributed by atoms with van der Waals surface area (Å²) in [6.45, 7) is 2.11. The largest absolute Gasteiger partial charge is 0.391 e. The van der Waals surface area contributed by atoms with Gasteiger partial charge in [0, 0.05) is 11.1 Å². The molecular formula is C17H17F2NO. The topological polar surface area (TPSA) is 21.6 Å². The maximum absolute atomic E-state index is 12.8. The lowest BCUT2D eigenvalue weighted by molar-refractivity contribution is 0.120. The quantitative estimate of drug-likeness (QED) is 0.556. The zero-order valence-corrected chi connectivity index (χ0v) is 11.8. The van der Waals surface area contributed by atoms with Crippen molar-refractivity contribution >= 4 is 6.21 Å². The van der Waals surface area contributed by atoms with Crippen LogP contribution >= 0.6 is 0 Å². The first-order valence-electron chi connectivity index (χ1n) is 6.81. The van der Waals surface area contributed by atoms with Gasteiger partial charge in [-0.25, -0.2) is 8.78 Å². The Hall–Kier alpha value is -2.23. The van der Waals surface area contributed by atoms with Gasteiger partial charge < -0.3 is 4.84 Å². The zero-order chi connectivity index (χ0) is 15.1. The fourth-order valence-electron chi connectivity index (χ4n) is 1.98. The molecule has 2 aromatic rings. The third-order valence-electron chi connectivity index (χ3n) is 3.15. The third-order valence-corrected chi connectivity index (χ3v) is 3.15. The summed E-state index contributed by atoms with van der Waals surface area (Å²) in [6.07, 6.45) is 0.0315. The van der Waals surface area contributed by atoms with Crippen molar-refractivity contribution in [1.29, 1.82) is 0 Å². The molecule has 0 spiro atoms.